The number of rotatable bonds is 12. The number of carboxylic acids is 2. The van der Waals surface area contributed by atoms with Crippen LogP contribution in [0.25, 0.3) is 0 Å². The summed E-state index contributed by atoms with van der Waals surface area (Å²) in [5, 5.41) is 22.5. The van der Waals surface area contributed by atoms with Crippen molar-refractivity contribution < 1.29 is 34.2 Å². The second kappa shape index (κ2) is 11.4. The molecule has 3 unspecified atom stereocenters. The zero-order valence-corrected chi connectivity index (χ0v) is 15.5. The lowest BCUT2D eigenvalue weighted by molar-refractivity contribution is -0.143. The highest BCUT2D eigenvalue weighted by Crippen LogP contribution is 2.06. The van der Waals surface area contributed by atoms with E-state index >= 15 is 0 Å². The van der Waals surface area contributed by atoms with Gasteiger partial charge in [0.1, 0.15) is 12.1 Å². The lowest BCUT2D eigenvalue weighted by atomic mass is 10.0. The highest BCUT2D eigenvalue weighted by atomic mass is 16.4. The molecular formula is C18H24N4O7. The summed E-state index contributed by atoms with van der Waals surface area (Å²) in [6, 6.07) is 4.68. The van der Waals surface area contributed by atoms with Gasteiger partial charge in [-0.3, -0.25) is 19.2 Å². The number of benzene rings is 1. The lowest BCUT2D eigenvalue weighted by Crippen LogP contribution is -2.55. The minimum Gasteiger partial charge on any atom is -0.481 e. The minimum atomic E-state index is -1.45. The van der Waals surface area contributed by atoms with Gasteiger partial charge in [0, 0.05) is 12.8 Å². The zero-order chi connectivity index (χ0) is 22.0. The molecule has 0 saturated carbocycles. The molecule has 0 saturated heterocycles. The SMILES string of the molecule is NC(=O)CC(N)C(=O)NC(Cc1ccccc1)C(=O)NC(CCC(=O)O)C(=O)O. The predicted octanol–water partition coefficient (Wildman–Crippen LogP) is -1.65. The molecule has 0 fully saturated rings. The Kier molecular flexibility index (Phi) is 9.26. The number of carboxylic acid groups (broad SMARTS) is 2. The van der Waals surface area contributed by atoms with Gasteiger partial charge < -0.3 is 32.3 Å². The molecule has 0 spiro atoms. The maximum Gasteiger partial charge on any atom is 0.326 e. The van der Waals surface area contributed by atoms with Crippen LogP contribution in [0, 0.1) is 0 Å². The number of carbonyl (C=O) groups is 5. The monoisotopic (exact) mass is 408 g/mol. The van der Waals surface area contributed by atoms with E-state index in [0.29, 0.717) is 5.56 Å². The Bertz CT molecular complexity index is 754. The minimum absolute atomic E-state index is 0.0208. The van der Waals surface area contributed by atoms with Crippen LogP contribution in [0.15, 0.2) is 30.3 Å². The molecular weight excluding hydrogens is 384 g/mol. The summed E-state index contributed by atoms with van der Waals surface area (Å²) < 4.78 is 0. The Balaban J connectivity index is 2.94. The number of hydrogen-bond acceptors (Lipinski definition) is 6. The van der Waals surface area contributed by atoms with Crippen LogP contribution >= 0.6 is 0 Å². The van der Waals surface area contributed by atoms with E-state index in [0.717, 1.165) is 0 Å². The number of aliphatic carboxylic acids is 2. The fourth-order valence-electron chi connectivity index (χ4n) is 2.44. The third-order valence-corrected chi connectivity index (χ3v) is 3.93. The van der Waals surface area contributed by atoms with Crippen molar-refractivity contribution in [2.45, 2.75) is 43.8 Å². The van der Waals surface area contributed by atoms with E-state index in [2.05, 4.69) is 10.6 Å². The molecule has 11 nitrogen and oxygen atoms in total. The van der Waals surface area contributed by atoms with Crippen molar-refractivity contribution in [1.29, 1.82) is 0 Å². The van der Waals surface area contributed by atoms with Gasteiger partial charge >= 0.3 is 11.9 Å². The van der Waals surface area contributed by atoms with Gasteiger partial charge in [0.25, 0.3) is 0 Å². The Hall–Kier alpha value is -3.47. The number of nitrogens with two attached hydrogens (primary N) is 2. The van der Waals surface area contributed by atoms with E-state index < -0.39 is 60.6 Å². The van der Waals surface area contributed by atoms with Crippen molar-refractivity contribution in [3.05, 3.63) is 35.9 Å². The molecule has 0 bridgehead atoms. The van der Waals surface area contributed by atoms with Crippen molar-refractivity contribution in [2.75, 3.05) is 0 Å². The van der Waals surface area contributed by atoms with Crippen molar-refractivity contribution in [3.63, 3.8) is 0 Å². The second-order valence-corrected chi connectivity index (χ2v) is 6.36. The van der Waals surface area contributed by atoms with Gasteiger partial charge in [0.15, 0.2) is 0 Å². The first-order valence-electron chi connectivity index (χ1n) is 8.73. The molecule has 0 aliphatic heterocycles. The molecule has 3 atom stereocenters. The average molecular weight is 408 g/mol. The molecule has 0 aromatic heterocycles. The number of hydrogen-bond donors (Lipinski definition) is 6. The molecule has 0 aliphatic rings. The molecule has 1 aromatic carbocycles. The summed E-state index contributed by atoms with van der Waals surface area (Å²) in [4.78, 5) is 57.8. The zero-order valence-electron chi connectivity index (χ0n) is 15.5. The average Bonchev–Trinajstić information content (AvgIpc) is 2.64. The smallest absolute Gasteiger partial charge is 0.326 e. The number of primary amides is 1. The third kappa shape index (κ3) is 8.84. The van der Waals surface area contributed by atoms with E-state index in [1.165, 1.54) is 0 Å². The first kappa shape index (κ1) is 23.6. The van der Waals surface area contributed by atoms with Gasteiger partial charge in [-0.2, -0.15) is 0 Å². The maximum atomic E-state index is 12.6. The Morgan fingerprint density at radius 2 is 1.52 bits per heavy atom. The summed E-state index contributed by atoms with van der Waals surface area (Å²) in [5.74, 6) is -5.05. The fourth-order valence-corrected chi connectivity index (χ4v) is 2.44. The van der Waals surface area contributed by atoms with Crippen LogP contribution in [0.1, 0.15) is 24.8 Å². The van der Waals surface area contributed by atoms with Crippen molar-refractivity contribution in [2.24, 2.45) is 11.5 Å². The molecule has 29 heavy (non-hydrogen) atoms. The molecule has 1 rings (SSSR count). The van der Waals surface area contributed by atoms with Crippen LogP contribution in [0.2, 0.25) is 0 Å². The normalized spacial score (nSPS) is 13.6. The van der Waals surface area contributed by atoms with Crippen LogP contribution in [0.3, 0.4) is 0 Å². The van der Waals surface area contributed by atoms with E-state index in [1.807, 2.05) is 0 Å². The van der Waals surface area contributed by atoms with Crippen LogP contribution in [0.5, 0.6) is 0 Å². The molecule has 0 radical (unpaired) electrons. The fraction of sp³-hybridized carbons (Fsp3) is 0.389. The Morgan fingerprint density at radius 3 is 2.03 bits per heavy atom. The van der Waals surface area contributed by atoms with Gasteiger partial charge in [-0.15, -0.1) is 0 Å². The number of nitrogens with one attached hydrogen (secondary N) is 2. The molecule has 8 N–H and O–H groups in total. The lowest BCUT2D eigenvalue weighted by Gasteiger charge is -2.22. The molecule has 3 amide bonds. The first-order chi connectivity index (χ1) is 13.6. The molecule has 158 valence electrons. The van der Waals surface area contributed by atoms with E-state index in [4.69, 9.17) is 16.6 Å². The molecule has 11 heteroatoms. The molecule has 1 aromatic rings. The predicted molar refractivity (Wildman–Crippen MR) is 100 cm³/mol. The Labute approximate surface area is 166 Å². The highest BCUT2D eigenvalue weighted by Gasteiger charge is 2.28. The topological polar surface area (TPSA) is 202 Å². The summed E-state index contributed by atoms with van der Waals surface area (Å²) >= 11 is 0. The first-order valence-corrected chi connectivity index (χ1v) is 8.73. The summed E-state index contributed by atoms with van der Waals surface area (Å²) in [5.41, 5.74) is 11.3. The molecule has 0 heterocycles. The van der Waals surface area contributed by atoms with Crippen LogP contribution < -0.4 is 22.1 Å². The highest BCUT2D eigenvalue weighted by molar-refractivity contribution is 5.93. The summed E-state index contributed by atoms with van der Waals surface area (Å²) in [6.45, 7) is 0. The summed E-state index contributed by atoms with van der Waals surface area (Å²) in [7, 11) is 0. The van der Waals surface area contributed by atoms with Gasteiger partial charge in [0.05, 0.1) is 12.5 Å². The van der Waals surface area contributed by atoms with Crippen molar-refractivity contribution in [3.8, 4) is 0 Å². The molecule has 0 aliphatic carbocycles. The van der Waals surface area contributed by atoms with E-state index in [1.54, 1.807) is 30.3 Å². The van der Waals surface area contributed by atoms with E-state index in [-0.39, 0.29) is 12.8 Å². The van der Waals surface area contributed by atoms with Crippen LogP contribution in [-0.2, 0) is 30.4 Å². The second-order valence-electron chi connectivity index (χ2n) is 6.36. The summed E-state index contributed by atoms with van der Waals surface area (Å²) in [6.07, 6.45) is -1.20. The quantitative estimate of drug-likeness (QED) is 0.236. The maximum absolute atomic E-state index is 12.6. The van der Waals surface area contributed by atoms with Gasteiger partial charge in [-0.05, 0) is 12.0 Å². The van der Waals surface area contributed by atoms with Gasteiger partial charge in [-0.25, -0.2) is 4.79 Å². The number of amides is 3. The standard InChI is InChI=1S/C18H24N4O7/c19-11(9-14(20)23)16(26)22-13(8-10-4-2-1-3-5-10)17(27)21-12(18(28)29)6-7-15(24)25/h1-5,11-13H,6-9,19H2,(H2,20,23)(H,21,27)(H,22,26)(H,24,25)(H,28,29). The van der Waals surface area contributed by atoms with Gasteiger partial charge in [0.2, 0.25) is 17.7 Å². The van der Waals surface area contributed by atoms with Crippen LogP contribution in [-0.4, -0.2) is 58.0 Å². The largest absolute Gasteiger partial charge is 0.481 e. The van der Waals surface area contributed by atoms with Crippen molar-refractivity contribution >= 4 is 29.7 Å². The van der Waals surface area contributed by atoms with E-state index in [9.17, 15) is 29.1 Å². The Morgan fingerprint density at radius 1 is 0.931 bits per heavy atom. The van der Waals surface area contributed by atoms with Crippen LogP contribution in [0.4, 0.5) is 0 Å². The third-order valence-electron chi connectivity index (χ3n) is 3.93. The van der Waals surface area contributed by atoms with Crippen molar-refractivity contribution in [1.82, 2.24) is 10.6 Å². The number of carbonyl (C=O) groups excluding carboxylic acids is 3. The van der Waals surface area contributed by atoms with Gasteiger partial charge in [-0.1, -0.05) is 30.3 Å².